The molecule has 1 aliphatic rings. The predicted octanol–water partition coefficient (Wildman–Crippen LogP) is 15.6. The molecular weight excluding hydrogens is 1090 g/mol. The summed E-state index contributed by atoms with van der Waals surface area (Å²) in [6.45, 7) is 0. The highest BCUT2D eigenvalue weighted by Gasteiger charge is 2.23. The van der Waals surface area contributed by atoms with Crippen molar-refractivity contribution in [3.8, 4) is 45.3 Å². The smallest absolute Gasteiger partial charge is 0.122 e. The van der Waals surface area contributed by atoms with Gasteiger partial charge >= 0.3 is 0 Å². The lowest BCUT2D eigenvalue weighted by atomic mass is 9.88. The Balaban J connectivity index is 0.735. The van der Waals surface area contributed by atoms with E-state index in [0.717, 1.165) is 47.9 Å². The molecule has 0 fully saturated rings. The van der Waals surface area contributed by atoms with Gasteiger partial charge in [0.05, 0.1) is 0 Å². The number of benzene rings is 12. The third-order valence-corrected chi connectivity index (χ3v) is 21.8. The van der Waals surface area contributed by atoms with Crippen LogP contribution in [-0.2, 0) is 51.4 Å². The molecule has 0 radical (unpaired) electrons. The Labute approximate surface area is 507 Å². The number of hydrogen-bond donors (Lipinski definition) is 4. The van der Waals surface area contributed by atoms with Gasteiger partial charge in [0.15, 0.2) is 0 Å². The normalized spacial score (nSPS) is 12.1. The maximum Gasteiger partial charge on any atom is 0.122 e. The second-order valence-electron chi connectivity index (χ2n) is 22.6. The molecule has 0 atom stereocenters. The van der Waals surface area contributed by atoms with Gasteiger partial charge in [-0.1, -0.05) is 255 Å². The van der Waals surface area contributed by atoms with Crippen LogP contribution in [0, 0.1) is 0 Å². The molecule has 4 nitrogen and oxygen atoms in total. The summed E-state index contributed by atoms with van der Waals surface area (Å²) in [6.07, 6.45) is 4.69. The minimum atomic E-state index is -0.661. The predicted molar refractivity (Wildman–Crippen MR) is 360 cm³/mol. The fraction of sp³-hybridized carbons (Fsp3) is 0.100. The third kappa shape index (κ3) is 12.4. The molecule has 6 heteroatoms. The van der Waals surface area contributed by atoms with E-state index in [1.165, 1.54) is 54.1 Å². The maximum absolute atomic E-state index is 12.1. The molecule has 0 spiro atoms. The number of para-hydroxylation sites is 2. The van der Waals surface area contributed by atoms with Gasteiger partial charge in [-0.3, -0.25) is 0 Å². The molecule has 0 heterocycles. The molecule has 0 saturated heterocycles. The van der Waals surface area contributed by atoms with E-state index in [4.69, 9.17) is 0 Å². The van der Waals surface area contributed by atoms with Gasteiger partial charge in [-0.15, -0.1) is 0 Å². The molecule has 4 N–H and O–H groups in total. The number of aromatic hydroxyl groups is 4. The van der Waals surface area contributed by atoms with Crippen LogP contribution in [0.1, 0.15) is 66.8 Å². The van der Waals surface area contributed by atoms with Crippen LogP contribution in [0.15, 0.2) is 279 Å². The molecular formula is C80H66O4P2. The van der Waals surface area contributed by atoms with E-state index >= 15 is 0 Å². The molecule has 86 heavy (non-hydrogen) atoms. The van der Waals surface area contributed by atoms with Crippen LogP contribution < -0.4 is 31.8 Å². The van der Waals surface area contributed by atoms with Crippen LogP contribution in [0.3, 0.4) is 0 Å². The van der Waals surface area contributed by atoms with Crippen molar-refractivity contribution < 1.29 is 20.4 Å². The third-order valence-electron chi connectivity index (χ3n) is 16.9. The Morgan fingerprint density at radius 3 is 0.686 bits per heavy atom. The largest absolute Gasteiger partial charge is 0.507 e. The van der Waals surface area contributed by atoms with Gasteiger partial charge in [-0.25, -0.2) is 0 Å². The van der Waals surface area contributed by atoms with Crippen molar-refractivity contribution in [3.05, 3.63) is 346 Å². The quantitative estimate of drug-likeness (QED) is 0.0818. The first kappa shape index (κ1) is 55.9. The van der Waals surface area contributed by atoms with Gasteiger partial charge in [0.1, 0.15) is 23.0 Å². The second kappa shape index (κ2) is 25.5. The number of aryl methyl sites for hydroxylation is 4. The molecule has 12 aromatic rings. The second-order valence-corrected chi connectivity index (χ2v) is 27.0. The number of rotatable bonds is 14. The zero-order valence-electron chi connectivity index (χ0n) is 47.9. The molecule has 8 bridgehead atoms. The topological polar surface area (TPSA) is 80.9 Å². The fourth-order valence-corrected chi connectivity index (χ4v) is 16.8. The Bertz CT molecular complexity index is 3830. The lowest BCUT2D eigenvalue weighted by Gasteiger charge is -2.19. The van der Waals surface area contributed by atoms with Gasteiger partial charge in [0.25, 0.3) is 0 Å². The zero-order chi connectivity index (χ0) is 58.3. The van der Waals surface area contributed by atoms with E-state index in [2.05, 4.69) is 218 Å². The van der Waals surface area contributed by atoms with Gasteiger partial charge in [0, 0.05) is 25.7 Å². The van der Waals surface area contributed by atoms with Crippen LogP contribution in [0.2, 0.25) is 0 Å². The summed E-state index contributed by atoms with van der Waals surface area (Å²) in [5.74, 6) is 0.560. The summed E-state index contributed by atoms with van der Waals surface area (Å²) in [4.78, 5) is 0. The Hall–Kier alpha value is -9.30. The van der Waals surface area contributed by atoms with Crippen molar-refractivity contribution in [2.75, 3.05) is 0 Å². The van der Waals surface area contributed by atoms with Crippen LogP contribution in [-0.4, -0.2) is 20.4 Å². The monoisotopic (exact) mass is 1150 g/mol. The Kier molecular flexibility index (Phi) is 16.6. The highest BCUT2D eigenvalue weighted by atomic mass is 31.1. The summed E-state index contributed by atoms with van der Waals surface area (Å²) in [5, 5.41) is 56.5. The van der Waals surface area contributed by atoms with E-state index in [0.29, 0.717) is 44.5 Å². The maximum atomic E-state index is 12.1. The summed E-state index contributed by atoms with van der Waals surface area (Å²) in [6, 6.07) is 98.7. The van der Waals surface area contributed by atoms with E-state index in [1.54, 1.807) is 0 Å². The molecule has 0 aromatic heterocycles. The van der Waals surface area contributed by atoms with Crippen LogP contribution >= 0.6 is 15.8 Å². The van der Waals surface area contributed by atoms with E-state index in [1.807, 2.05) is 60.7 Å². The summed E-state index contributed by atoms with van der Waals surface area (Å²) >= 11 is 0. The molecule has 0 aliphatic heterocycles. The van der Waals surface area contributed by atoms with Crippen molar-refractivity contribution in [2.45, 2.75) is 51.4 Å². The SMILES string of the molecule is Oc1c2cccc1Cc1cc(-c3ccc(CCc4ccc(P(c5ccccc5)c5ccccc5)cc4)cc3)cc(c1O)Cc1cccc(c1O)Cc1cc(-c3ccc(CCc4ccc(P(c5ccccc5)c5ccccc5)cc4)cc3)cc(c1O)C2. The van der Waals surface area contributed by atoms with Crippen molar-refractivity contribution in [2.24, 2.45) is 0 Å². The minimum absolute atomic E-state index is 0.138. The molecule has 0 amide bonds. The lowest BCUT2D eigenvalue weighted by Crippen LogP contribution is -2.20. The van der Waals surface area contributed by atoms with Crippen molar-refractivity contribution in [1.29, 1.82) is 0 Å². The highest BCUT2D eigenvalue weighted by molar-refractivity contribution is 7.80. The fourth-order valence-electron chi connectivity index (χ4n) is 12.2. The van der Waals surface area contributed by atoms with Gasteiger partial charge in [-0.2, -0.15) is 0 Å². The highest BCUT2D eigenvalue weighted by Crippen LogP contribution is 2.42. The summed E-state index contributed by atoms with van der Waals surface area (Å²) in [7, 11) is -1.32. The zero-order valence-corrected chi connectivity index (χ0v) is 49.7. The van der Waals surface area contributed by atoms with Gasteiger partial charge < -0.3 is 20.4 Å². The Morgan fingerprint density at radius 1 is 0.209 bits per heavy atom. The van der Waals surface area contributed by atoms with Crippen molar-refractivity contribution in [3.63, 3.8) is 0 Å². The first-order valence-electron chi connectivity index (χ1n) is 29.7. The van der Waals surface area contributed by atoms with Crippen molar-refractivity contribution >= 4 is 47.7 Å². The summed E-state index contributed by atoms with van der Waals surface area (Å²) < 4.78 is 0. The van der Waals surface area contributed by atoms with Crippen LogP contribution in [0.4, 0.5) is 0 Å². The molecule has 0 unspecified atom stereocenters. The number of phenols is 4. The standard InChI is InChI=1S/C80H66O4P2/c81-77-61-15-13-17-63(77)49-69-53-66(60-41-33-56(34-42-60)28-30-58-37-45-76(46-38-58)86(73-23-9-3-10-24-73)74-25-11-4-12-26-74)54-70(80(69)84)50-64-18-14-16-62(78(64)82)48-68-52-65(51-67(47-61)79(68)83)59-39-31-55(32-40-59)27-29-57-35-43-75(44-36-57)85(71-19-5-1-6-20-71)72-21-7-2-8-22-72/h1-26,31-46,51-54,81-84H,27-30,47-50H2. The first-order valence-corrected chi connectivity index (χ1v) is 32.4. The minimum Gasteiger partial charge on any atom is -0.507 e. The molecule has 13 rings (SSSR count). The molecule has 12 aromatic carbocycles. The molecule has 1 aliphatic carbocycles. The number of hydrogen-bond acceptors (Lipinski definition) is 4. The van der Waals surface area contributed by atoms with Crippen LogP contribution in [0.25, 0.3) is 22.3 Å². The molecule has 0 saturated carbocycles. The summed E-state index contributed by atoms with van der Waals surface area (Å²) in [5.41, 5.74) is 14.4. The first-order chi connectivity index (χ1) is 42.2. The van der Waals surface area contributed by atoms with E-state index in [-0.39, 0.29) is 48.7 Å². The van der Waals surface area contributed by atoms with E-state index < -0.39 is 15.8 Å². The van der Waals surface area contributed by atoms with Gasteiger partial charge in [0.2, 0.25) is 0 Å². The Morgan fingerprint density at radius 2 is 0.430 bits per heavy atom. The van der Waals surface area contributed by atoms with Crippen molar-refractivity contribution in [1.82, 2.24) is 0 Å². The van der Waals surface area contributed by atoms with E-state index in [9.17, 15) is 20.4 Å². The number of phenolic OH excluding ortho intramolecular Hbond substituents is 4. The number of fused-ring (bicyclic) bond motifs is 8. The average molecular weight is 1150 g/mol. The average Bonchev–Trinajstić information content (AvgIpc) is 3.19. The van der Waals surface area contributed by atoms with Gasteiger partial charge in [-0.05, 0) is 187 Å². The lowest BCUT2D eigenvalue weighted by molar-refractivity contribution is 0.450. The molecule has 420 valence electrons. The van der Waals surface area contributed by atoms with Crippen LogP contribution in [0.5, 0.6) is 23.0 Å².